The Balaban J connectivity index is 1.83. The minimum Gasteiger partial charge on any atom is -0.477 e. The highest BCUT2D eigenvalue weighted by Gasteiger charge is 2.14. The van der Waals surface area contributed by atoms with Crippen LogP contribution in [0.4, 0.5) is 5.95 Å². The average Bonchev–Trinajstić information content (AvgIpc) is 2.38. The zero-order chi connectivity index (χ0) is 11.2. The molecule has 0 amide bonds. The third-order valence-electron chi connectivity index (χ3n) is 2.66. The molecule has 0 aromatic carbocycles. The van der Waals surface area contributed by atoms with E-state index in [0.29, 0.717) is 24.4 Å². The lowest BCUT2D eigenvalue weighted by Gasteiger charge is -2.21. The third kappa shape index (κ3) is 3.06. The first-order valence-electron chi connectivity index (χ1n) is 5.60. The summed E-state index contributed by atoms with van der Waals surface area (Å²) in [6.45, 7) is 2.41. The first-order chi connectivity index (χ1) is 7.88. The third-order valence-corrected chi connectivity index (χ3v) is 2.66. The van der Waals surface area contributed by atoms with Crippen molar-refractivity contribution in [2.45, 2.75) is 12.8 Å². The lowest BCUT2D eigenvalue weighted by molar-refractivity contribution is 0.0490. The molecule has 1 aliphatic rings. The molecule has 0 unspecified atom stereocenters. The molecule has 1 aliphatic heterocycles. The van der Waals surface area contributed by atoms with Gasteiger partial charge in [-0.05, 0) is 18.8 Å². The molecule has 1 saturated heterocycles. The summed E-state index contributed by atoms with van der Waals surface area (Å²) in [5.41, 5.74) is 0. The van der Waals surface area contributed by atoms with Crippen molar-refractivity contribution in [1.82, 2.24) is 9.97 Å². The van der Waals surface area contributed by atoms with E-state index in [2.05, 4.69) is 15.3 Å². The van der Waals surface area contributed by atoms with Gasteiger partial charge in [-0.25, -0.2) is 4.98 Å². The SMILES string of the molecule is CNc1nccc(OCC2CCOCC2)n1. The molecule has 1 N–H and O–H groups in total. The maximum Gasteiger partial charge on any atom is 0.225 e. The number of hydrogen-bond acceptors (Lipinski definition) is 5. The van der Waals surface area contributed by atoms with Crippen LogP contribution in [0.5, 0.6) is 5.88 Å². The van der Waals surface area contributed by atoms with Gasteiger partial charge < -0.3 is 14.8 Å². The van der Waals surface area contributed by atoms with Gasteiger partial charge in [0.25, 0.3) is 0 Å². The Bertz CT molecular complexity index is 327. The van der Waals surface area contributed by atoms with Gasteiger partial charge in [0, 0.05) is 32.5 Å². The van der Waals surface area contributed by atoms with Gasteiger partial charge >= 0.3 is 0 Å². The summed E-state index contributed by atoms with van der Waals surface area (Å²) in [4.78, 5) is 8.23. The van der Waals surface area contributed by atoms with E-state index in [1.807, 2.05) is 0 Å². The number of anilines is 1. The molecule has 0 bridgehead atoms. The molecule has 88 valence electrons. The highest BCUT2D eigenvalue weighted by atomic mass is 16.5. The number of hydrogen-bond donors (Lipinski definition) is 1. The minimum atomic E-state index is 0.585. The van der Waals surface area contributed by atoms with E-state index in [4.69, 9.17) is 9.47 Å². The number of aromatic nitrogens is 2. The average molecular weight is 223 g/mol. The van der Waals surface area contributed by atoms with Gasteiger partial charge in [0.15, 0.2) is 0 Å². The molecular formula is C11H17N3O2. The summed E-state index contributed by atoms with van der Waals surface area (Å²) >= 11 is 0. The molecule has 0 spiro atoms. The van der Waals surface area contributed by atoms with Gasteiger partial charge in [0.2, 0.25) is 11.8 Å². The maximum absolute atomic E-state index is 5.64. The first kappa shape index (κ1) is 11.1. The largest absolute Gasteiger partial charge is 0.477 e. The van der Waals surface area contributed by atoms with E-state index in [-0.39, 0.29) is 0 Å². The molecule has 2 heterocycles. The van der Waals surface area contributed by atoms with Crippen LogP contribution >= 0.6 is 0 Å². The van der Waals surface area contributed by atoms with Crippen LogP contribution in [-0.4, -0.2) is 36.8 Å². The van der Waals surface area contributed by atoms with Crippen molar-refractivity contribution in [2.75, 3.05) is 32.2 Å². The smallest absolute Gasteiger partial charge is 0.225 e. The van der Waals surface area contributed by atoms with Crippen LogP contribution in [0, 0.1) is 5.92 Å². The molecule has 5 nitrogen and oxygen atoms in total. The number of nitrogens with one attached hydrogen (secondary N) is 1. The second-order valence-corrected chi connectivity index (χ2v) is 3.84. The zero-order valence-electron chi connectivity index (χ0n) is 9.48. The van der Waals surface area contributed by atoms with Crippen LogP contribution in [-0.2, 0) is 4.74 Å². The standard InChI is InChI=1S/C11H17N3O2/c1-12-11-13-5-2-10(14-11)16-8-9-3-6-15-7-4-9/h2,5,9H,3-4,6-8H2,1H3,(H,12,13,14). The van der Waals surface area contributed by atoms with Gasteiger partial charge in [-0.1, -0.05) is 0 Å². The highest BCUT2D eigenvalue weighted by molar-refractivity contribution is 5.25. The van der Waals surface area contributed by atoms with Crippen molar-refractivity contribution in [3.8, 4) is 5.88 Å². The fraction of sp³-hybridized carbons (Fsp3) is 0.636. The van der Waals surface area contributed by atoms with Gasteiger partial charge in [-0.3, -0.25) is 0 Å². The summed E-state index contributed by atoms with van der Waals surface area (Å²) in [5, 5.41) is 2.88. The normalized spacial score (nSPS) is 17.1. The van der Waals surface area contributed by atoms with E-state index in [0.717, 1.165) is 26.1 Å². The highest BCUT2D eigenvalue weighted by Crippen LogP contribution is 2.16. The molecule has 1 aromatic heterocycles. The van der Waals surface area contributed by atoms with Crippen LogP contribution < -0.4 is 10.1 Å². The van der Waals surface area contributed by atoms with Crippen LogP contribution in [0.25, 0.3) is 0 Å². The topological polar surface area (TPSA) is 56.3 Å². The van der Waals surface area contributed by atoms with Crippen molar-refractivity contribution in [2.24, 2.45) is 5.92 Å². The molecular weight excluding hydrogens is 206 g/mol. The molecule has 0 atom stereocenters. The van der Waals surface area contributed by atoms with Crippen LogP contribution in [0.15, 0.2) is 12.3 Å². The molecule has 1 fully saturated rings. The number of rotatable bonds is 4. The van der Waals surface area contributed by atoms with Gasteiger partial charge in [0.1, 0.15) is 0 Å². The monoisotopic (exact) mass is 223 g/mol. The summed E-state index contributed by atoms with van der Waals surface area (Å²) in [6, 6.07) is 1.78. The van der Waals surface area contributed by atoms with E-state index >= 15 is 0 Å². The summed E-state index contributed by atoms with van der Waals surface area (Å²) in [5.74, 6) is 1.80. The van der Waals surface area contributed by atoms with E-state index in [1.54, 1.807) is 19.3 Å². The van der Waals surface area contributed by atoms with Gasteiger partial charge in [-0.2, -0.15) is 4.98 Å². The predicted molar refractivity (Wildman–Crippen MR) is 60.6 cm³/mol. The molecule has 0 aliphatic carbocycles. The molecule has 5 heteroatoms. The fourth-order valence-electron chi connectivity index (χ4n) is 1.66. The Morgan fingerprint density at radius 3 is 3.06 bits per heavy atom. The zero-order valence-corrected chi connectivity index (χ0v) is 9.48. The lowest BCUT2D eigenvalue weighted by atomic mass is 10.0. The van der Waals surface area contributed by atoms with E-state index < -0.39 is 0 Å². The summed E-state index contributed by atoms with van der Waals surface area (Å²) < 4.78 is 10.9. The molecule has 0 saturated carbocycles. The Hall–Kier alpha value is -1.36. The molecule has 16 heavy (non-hydrogen) atoms. The Morgan fingerprint density at radius 2 is 2.31 bits per heavy atom. The van der Waals surface area contributed by atoms with Crippen LogP contribution in [0.1, 0.15) is 12.8 Å². The second-order valence-electron chi connectivity index (χ2n) is 3.84. The van der Waals surface area contributed by atoms with Crippen molar-refractivity contribution < 1.29 is 9.47 Å². The lowest BCUT2D eigenvalue weighted by Crippen LogP contribution is -2.21. The molecule has 2 rings (SSSR count). The van der Waals surface area contributed by atoms with Crippen molar-refractivity contribution in [3.63, 3.8) is 0 Å². The number of nitrogens with zero attached hydrogens (tertiary/aromatic N) is 2. The minimum absolute atomic E-state index is 0.585. The second kappa shape index (κ2) is 5.65. The van der Waals surface area contributed by atoms with Crippen LogP contribution in [0.3, 0.4) is 0 Å². The Kier molecular flexibility index (Phi) is 3.93. The predicted octanol–water partition coefficient (Wildman–Crippen LogP) is 1.32. The van der Waals surface area contributed by atoms with Crippen molar-refractivity contribution >= 4 is 5.95 Å². The van der Waals surface area contributed by atoms with Crippen molar-refractivity contribution in [1.29, 1.82) is 0 Å². The van der Waals surface area contributed by atoms with Crippen LogP contribution in [0.2, 0.25) is 0 Å². The fourth-order valence-corrected chi connectivity index (χ4v) is 1.66. The summed E-state index contributed by atoms with van der Waals surface area (Å²) in [7, 11) is 1.79. The molecule has 1 aromatic rings. The van der Waals surface area contributed by atoms with E-state index in [9.17, 15) is 0 Å². The Labute approximate surface area is 95.2 Å². The Morgan fingerprint density at radius 1 is 1.50 bits per heavy atom. The number of ether oxygens (including phenoxy) is 2. The maximum atomic E-state index is 5.64. The van der Waals surface area contributed by atoms with Crippen molar-refractivity contribution in [3.05, 3.63) is 12.3 Å². The first-order valence-corrected chi connectivity index (χ1v) is 5.60. The summed E-state index contributed by atoms with van der Waals surface area (Å²) in [6.07, 6.45) is 3.84. The van der Waals surface area contributed by atoms with E-state index in [1.165, 1.54) is 0 Å². The van der Waals surface area contributed by atoms with Gasteiger partial charge in [0.05, 0.1) is 6.61 Å². The van der Waals surface area contributed by atoms with Gasteiger partial charge in [-0.15, -0.1) is 0 Å². The molecule has 0 radical (unpaired) electrons. The quantitative estimate of drug-likeness (QED) is 0.834.